The van der Waals surface area contributed by atoms with E-state index >= 15 is 0 Å². The molecule has 1 heterocycles. The second kappa shape index (κ2) is 6.87. The zero-order valence-corrected chi connectivity index (χ0v) is 14.7. The Morgan fingerprint density at radius 1 is 1.12 bits per heavy atom. The van der Waals surface area contributed by atoms with Gasteiger partial charge in [-0.3, -0.25) is 4.98 Å². The van der Waals surface area contributed by atoms with Crippen molar-refractivity contribution in [3.8, 4) is 0 Å². The van der Waals surface area contributed by atoms with Crippen molar-refractivity contribution in [2.24, 2.45) is 11.8 Å². The maximum atomic E-state index is 12.5. The first-order valence-electron chi connectivity index (χ1n) is 9.21. The molecule has 130 valence electrons. The number of aromatic nitrogens is 1. The molecule has 4 rings (SSSR count). The quantitative estimate of drug-likeness (QED) is 0.903. The van der Waals surface area contributed by atoms with E-state index in [-0.39, 0.29) is 12.1 Å². The highest BCUT2D eigenvalue weighted by Crippen LogP contribution is 2.39. The van der Waals surface area contributed by atoms with Gasteiger partial charge in [-0.05, 0) is 72.8 Å². The van der Waals surface area contributed by atoms with Crippen molar-refractivity contribution in [3.63, 3.8) is 0 Å². The monoisotopic (exact) mass is 335 g/mol. The average Bonchev–Trinajstić information content (AvgIpc) is 2.88. The van der Waals surface area contributed by atoms with Gasteiger partial charge in [0.25, 0.3) is 0 Å². The van der Waals surface area contributed by atoms with Gasteiger partial charge in [-0.1, -0.05) is 24.3 Å². The molecule has 1 aromatic carbocycles. The Balaban J connectivity index is 1.40. The zero-order chi connectivity index (χ0) is 17.2. The van der Waals surface area contributed by atoms with E-state index < -0.39 is 0 Å². The van der Waals surface area contributed by atoms with Crippen LogP contribution in [0.2, 0.25) is 0 Å². The van der Waals surface area contributed by atoms with Gasteiger partial charge in [0.15, 0.2) is 0 Å². The van der Waals surface area contributed by atoms with E-state index in [1.54, 1.807) is 6.20 Å². The third kappa shape index (κ3) is 3.39. The van der Waals surface area contributed by atoms with Crippen molar-refractivity contribution in [1.82, 2.24) is 15.6 Å². The lowest BCUT2D eigenvalue weighted by Crippen LogP contribution is -2.46. The Labute approximate surface area is 149 Å². The summed E-state index contributed by atoms with van der Waals surface area (Å²) in [5.74, 6) is 1.11. The maximum Gasteiger partial charge on any atom is 0.315 e. The molecule has 2 aliphatic rings. The van der Waals surface area contributed by atoms with Crippen molar-refractivity contribution in [2.45, 2.75) is 45.2 Å². The van der Waals surface area contributed by atoms with E-state index in [1.165, 1.54) is 24.0 Å². The number of amides is 2. The normalized spacial score (nSPS) is 24.3. The molecule has 4 nitrogen and oxygen atoms in total. The zero-order valence-electron chi connectivity index (χ0n) is 14.7. The maximum absolute atomic E-state index is 12.5. The first-order chi connectivity index (χ1) is 12.2. The Kier molecular flexibility index (Phi) is 4.43. The van der Waals surface area contributed by atoms with Gasteiger partial charge in [0.2, 0.25) is 0 Å². The van der Waals surface area contributed by atoms with Gasteiger partial charge in [-0.2, -0.15) is 0 Å². The molecule has 25 heavy (non-hydrogen) atoms. The van der Waals surface area contributed by atoms with Crippen LogP contribution in [-0.4, -0.2) is 17.1 Å². The number of carbonyl (C=O) groups is 1. The van der Waals surface area contributed by atoms with Gasteiger partial charge in [-0.15, -0.1) is 0 Å². The van der Waals surface area contributed by atoms with Gasteiger partial charge in [-0.25, -0.2) is 4.79 Å². The number of benzene rings is 1. The van der Waals surface area contributed by atoms with Crippen LogP contribution in [0.1, 0.15) is 35.1 Å². The number of hydrogen-bond acceptors (Lipinski definition) is 2. The number of pyridine rings is 1. The van der Waals surface area contributed by atoms with Crippen molar-refractivity contribution < 1.29 is 4.79 Å². The van der Waals surface area contributed by atoms with Gasteiger partial charge in [0, 0.05) is 25.0 Å². The van der Waals surface area contributed by atoms with E-state index in [0.29, 0.717) is 18.4 Å². The number of carbonyl (C=O) groups excluding carboxylic acids is 1. The predicted molar refractivity (Wildman–Crippen MR) is 98.2 cm³/mol. The molecule has 2 aromatic rings. The highest BCUT2D eigenvalue weighted by atomic mass is 16.2. The summed E-state index contributed by atoms with van der Waals surface area (Å²) >= 11 is 0. The summed E-state index contributed by atoms with van der Waals surface area (Å²) in [6, 6.07) is 10.9. The molecule has 4 heteroatoms. The van der Waals surface area contributed by atoms with E-state index in [9.17, 15) is 4.79 Å². The molecule has 2 N–H and O–H groups in total. The second-order valence-corrected chi connectivity index (χ2v) is 7.43. The summed E-state index contributed by atoms with van der Waals surface area (Å²) in [4.78, 5) is 16.6. The van der Waals surface area contributed by atoms with Crippen molar-refractivity contribution in [3.05, 3.63) is 65.0 Å². The molecule has 1 saturated carbocycles. The first-order valence-corrected chi connectivity index (χ1v) is 9.21. The van der Waals surface area contributed by atoms with Crippen molar-refractivity contribution >= 4 is 6.03 Å². The fraction of sp³-hybridized carbons (Fsp3) is 0.429. The lowest BCUT2D eigenvalue weighted by Gasteiger charge is -2.24. The molecule has 1 fully saturated rings. The van der Waals surface area contributed by atoms with Crippen molar-refractivity contribution in [1.29, 1.82) is 0 Å². The Bertz CT molecular complexity index is 740. The van der Waals surface area contributed by atoms with Crippen LogP contribution in [0.5, 0.6) is 0 Å². The summed E-state index contributed by atoms with van der Waals surface area (Å²) in [5, 5.41) is 6.28. The average molecular weight is 335 g/mol. The van der Waals surface area contributed by atoms with Gasteiger partial charge in [0.1, 0.15) is 0 Å². The fourth-order valence-corrected chi connectivity index (χ4v) is 4.45. The Morgan fingerprint density at radius 3 is 2.44 bits per heavy atom. The van der Waals surface area contributed by atoms with E-state index in [1.807, 2.05) is 19.2 Å². The molecule has 1 aromatic heterocycles. The highest BCUT2D eigenvalue weighted by molar-refractivity contribution is 5.74. The largest absolute Gasteiger partial charge is 0.335 e. The summed E-state index contributed by atoms with van der Waals surface area (Å²) in [6.45, 7) is 2.56. The van der Waals surface area contributed by atoms with Crippen molar-refractivity contribution in [2.75, 3.05) is 0 Å². The Morgan fingerprint density at radius 2 is 1.80 bits per heavy atom. The fourth-order valence-electron chi connectivity index (χ4n) is 4.45. The number of fused-ring (bicyclic) bond motifs is 3. The molecule has 2 unspecified atom stereocenters. The topological polar surface area (TPSA) is 54.0 Å². The molecular formula is C21H25N3O. The highest BCUT2D eigenvalue weighted by Gasteiger charge is 2.39. The molecule has 2 bridgehead atoms. The summed E-state index contributed by atoms with van der Waals surface area (Å²) in [5.41, 5.74) is 5.15. The van der Waals surface area contributed by atoms with Crippen LogP contribution >= 0.6 is 0 Å². The number of hydrogen-bond donors (Lipinski definition) is 2. The van der Waals surface area contributed by atoms with Gasteiger partial charge < -0.3 is 10.6 Å². The van der Waals surface area contributed by atoms with E-state index in [4.69, 9.17) is 0 Å². The summed E-state index contributed by atoms with van der Waals surface area (Å²) in [7, 11) is 0. The minimum absolute atomic E-state index is 0.0592. The van der Waals surface area contributed by atoms with E-state index in [2.05, 4.69) is 39.9 Å². The number of nitrogens with zero attached hydrogens (tertiary/aromatic N) is 1. The SMILES string of the molecule is Cc1ccncc1CNC(=O)NC1C2CCC1Cc1ccccc1C2. The third-order valence-corrected chi connectivity index (χ3v) is 5.89. The standard InChI is InChI=1S/C21H25N3O/c1-14-8-9-22-12-19(14)13-23-21(25)24-20-17-6-7-18(20)11-16-5-3-2-4-15(16)10-17/h2-5,8-9,12,17-18,20H,6-7,10-11,13H2,1H3,(H2,23,24,25). The van der Waals surface area contributed by atoms with Crippen LogP contribution < -0.4 is 10.6 Å². The number of rotatable bonds is 3. The molecule has 2 atom stereocenters. The summed E-state index contributed by atoms with van der Waals surface area (Å²) in [6.07, 6.45) is 8.19. The third-order valence-electron chi connectivity index (χ3n) is 5.89. The molecule has 2 aliphatic carbocycles. The lowest BCUT2D eigenvalue weighted by molar-refractivity contribution is 0.228. The van der Waals surface area contributed by atoms with Crippen LogP contribution in [0.4, 0.5) is 4.79 Å². The minimum Gasteiger partial charge on any atom is -0.335 e. The van der Waals surface area contributed by atoms with Crippen LogP contribution in [0.15, 0.2) is 42.7 Å². The minimum atomic E-state index is -0.0592. The van der Waals surface area contributed by atoms with E-state index in [0.717, 1.165) is 24.0 Å². The first kappa shape index (κ1) is 16.1. The van der Waals surface area contributed by atoms with Gasteiger partial charge in [0.05, 0.1) is 0 Å². The molecule has 0 aliphatic heterocycles. The lowest BCUT2D eigenvalue weighted by atomic mass is 9.94. The number of aryl methyl sites for hydroxylation is 1. The molecule has 0 radical (unpaired) electrons. The smallest absolute Gasteiger partial charge is 0.315 e. The molecule has 0 spiro atoms. The van der Waals surface area contributed by atoms with Crippen LogP contribution in [0, 0.1) is 18.8 Å². The van der Waals surface area contributed by atoms with Crippen LogP contribution in [0.25, 0.3) is 0 Å². The van der Waals surface area contributed by atoms with Gasteiger partial charge >= 0.3 is 6.03 Å². The van der Waals surface area contributed by atoms with Crippen LogP contribution in [0.3, 0.4) is 0 Å². The second-order valence-electron chi connectivity index (χ2n) is 7.43. The molecule has 2 amide bonds. The molecule has 0 saturated heterocycles. The Hall–Kier alpha value is -2.36. The summed E-state index contributed by atoms with van der Waals surface area (Å²) < 4.78 is 0. The predicted octanol–water partition coefficient (Wildman–Crippen LogP) is 3.38. The molecular weight excluding hydrogens is 310 g/mol. The number of urea groups is 1. The van der Waals surface area contributed by atoms with Crippen LogP contribution in [-0.2, 0) is 19.4 Å². The number of nitrogens with one attached hydrogen (secondary N) is 2.